The van der Waals surface area contributed by atoms with Crippen LogP contribution in [0.3, 0.4) is 0 Å². The molecular formula is C26H29ClN6O2S2. The van der Waals surface area contributed by atoms with Gasteiger partial charge in [0.2, 0.25) is 5.91 Å². The number of aryl methyl sites for hydroxylation is 1. The SMILES string of the molecule is CCn1c(SCC(=O)Nc2sc3c(c2C#N)CCCC3)nnc1[C@H](NC(=O)c1ccccc1Cl)C(C)C. The Balaban J connectivity index is 1.46. The third-order valence-corrected chi connectivity index (χ3v) is 8.78. The fourth-order valence-corrected chi connectivity index (χ4v) is 6.68. The first-order valence-electron chi connectivity index (χ1n) is 12.3. The molecular weight excluding hydrogens is 528 g/mol. The summed E-state index contributed by atoms with van der Waals surface area (Å²) in [5, 5.41) is 25.9. The van der Waals surface area contributed by atoms with Crippen molar-refractivity contribution in [3.63, 3.8) is 0 Å². The molecule has 0 fully saturated rings. The second-order valence-corrected chi connectivity index (χ2v) is 11.6. The number of thioether (sulfide) groups is 1. The molecule has 0 aliphatic heterocycles. The van der Waals surface area contributed by atoms with E-state index >= 15 is 0 Å². The van der Waals surface area contributed by atoms with Gasteiger partial charge in [-0.2, -0.15) is 5.26 Å². The molecule has 2 aromatic heterocycles. The molecule has 8 nitrogen and oxygen atoms in total. The maximum atomic E-state index is 12.9. The number of rotatable bonds is 9. The van der Waals surface area contributed by atoms with E-state index in [1.807, 2.05) is 25.3 Å². The van der Waals surface area contributed by atoms with Crippen LogP contribution >= 0.6 is 34.7 Å². The molecule has 1 aliphatic carbocycles. The molecule has 11 heteroatoms. The van der Waals surface area contributed by atoms with Crippen LogP contribution in [0.25, 0.3) is 0 Å². The van der Waals surface area contributed by atoms with E-state index < -0.39 is 6.04 Å². The van der Waals surface area contributed by atoms with Crippen molar-refractivity contribution < 1.29 is 9.59 Å². The summed E-state index contributed by atoms with van der Waals surface area (Å²) >= 11 is 9.01. The number of aromatic nitrogens is 3. The van der Waals surface area contributed by atoms with Crippen molar-refractivity contribution in [3.05, 3.63) is 56.7 Å². The van der Waals surface area contributed by atoms with Crippen LogP contribution in [0, 0.1) is 17.2 Å². The molecule has 0 unspecified atom stereocenters. The summed E-state index contributed by atoms with van der Waals surface area (Å²) in [6, 6.07) is 8.79. The number of hydrogen-bond acceptors (Lipinski definition) is 7. The van der Waals surface area contributed by atoms with Crippen molar-refractivity contribution in [2.45, 2.75) is 64.2 Å². The molecule has 194 valence electrons. The van der Waals surface area contributed by atoms with Crippen LogP contribution in [0.1, 0.15) is 71.8 Å². The zero-order valence-electron chi connectivity index (χ0n) is 21.0. The lowest BCUT2D eigenvalue weighted by Crippen LogP contribution is -2.34. The third-order valence-electron chi connectivity index (χ3n) is 6.28. The molecule has 0 radical (unpaired) electrons. The van der Waals surface area contributed by atoms with Crippen LogP contribution in [-0.4, -0.2) is 32.3 Å². The minimum atomic E-state index is -0.393. The second-order valence-electron chi connectivity index (χ2n) is 9.12. The average Bonchev–Trinajstić information content (AvgIpc) is 3.45. The van der Waals surface area contributed by atoms with Gasteiger partial charge >= 0.3 is 0 Å². The molecule has 0 saturated carbocycles. The molecule has 0 spiro atoms. The first-order chi connectivity index (χ1) is 17.8. The minimum Gasteiger partial charge on any atom is -0.342 e. The number of hydrogen-bond donors (Lipinski definition) is 2. The van der Waals surface area contributed by atoms with Crippen LogP contribution < -0.4 is 10.6 Å². The number of thiophene rings is 1. The van der Waals surface area contributed by atoms with Crippen LogP contribution in [0.5, 0.6) is 0 Å². The number of carbonyl (C=O) groups excluding carboxylic acids is 2. The second kappa shape index (κ2) is 12.1. The fraction of sp³-hybridized carbons (Fsp3) is 0.423. The number of benzene rings is 1. The molecule has 3 aromatic rings. The third kappa shape index (κ3) is 6.00. The molecule has 2 heterocycles. The van der Waals surface area contributed by atoms with Gasteiger partial charge in [0.05, 0.1) is 27.9 Å². The summed E-state index contributed by atoms with van der Waals surface area (Å²) in [4.78, 5) is 26.9. The molecule has 4 rings (SSSR count). The van der Waals surface area contributed by atoms with Gasteiger partial charge in [0.25, 0.3) is 5.91 Å². The average molecular weight is 557 g/mol. The molecule has 1 aromatic carbocycles. The molecule has 2 N–H and O–H groups in total. The first kappa shape index (κ1) is 27.2. The van der Waals surface area contributed by atoms with Gasteiger partial charge in [0.1, 0.15) is 11.1 Å². The van der Waals surface area contributed by atoms with Crippen LogP contribution in [0.4, 0.5) is 5.00 Å². The Labute approximate surface area is 229 Å². The van der Waals surface area contributed by atoms with E-state index in [1.165, 1.54) is 28.0 Å². The van der Waals surface area contributed by atoms with E-state index in [-0.39, 0.29) is 23.5 Å². The number of anilines is 1. The predicted molar refractivity (Wildman–Crippen MR) is 147 cm³/mol. The fourth-order valence-electron chi connectivity index (χ4n) is 4.39. The minimum absolute atomic E-state index is 0.0383. The van der Waals surface area contributed by atoms with E-state index in [4.69, 9.17) is 11.6 Å². The highest BCUT2D eigenvalue weighted by Gasteiger charge is 2.27. The van der Waals surface area contributed by atoms with Crippen molar-refractivity contribution in [1.29, 1.82) is 5.26 Å². The van der Waals surface area contributed by atoms with E-state index in [1.54, 1.807) is 24.3 Å². The van der Waals surface area contributed by atoms with Crippen LogP contribution in [0.15, 0.2) is 29.4 Å². The van der Waals surface area contributed by atoms with E-state index in [0.29, 0.717) is 38.7 Å². The molecule has 0 saturated heterocycles. The van der Waals surface area contributed by atoms with Gasteiger partial charge in [0.15, 0.2) is 11.0 Å². The zero-order valence-corrected chi connectivity index (χ0v) is 23.4. The summed E-state index contributed by atoms with van der Waals surface area (Å²) in [5.74, 6) is 0.314. The van der Waals surface area contributed by atoms with Gasteiger partial charge in [-0.15, -0.1) is 21.5 Å². The summed E-state index contributed by atoms with van der Waals surface area (Å²) in [6.07, 6.45) is 4.05. The van der Waals surface area contributed by atoms with Gasteiger partial charge in [-0.05, 0) is 56.2 Å². The van der Waals surface area contributed by atoms with Crippen molar-refractivity contribution >= 4 is 51.5 Å². The number of nitriles is 1. The molecule has 0 bridgehead atoms. The maximum Gasteiger partial charge on any atom is 0.253 e. The highest BCUT2D eigenvalue weighted by molar-refractivity contribution is 7.99. The Bertz CT molecular complexity index is 1340. The Morgan fingerprint density at radius 3 is 2.70 bits per heavy atom. The topological polar surface area (TPSA) is 113 Å². The summed E-state index contributed by atoms with van der Waals surface area (Å²) < 4.78 is 1.92. The van der Waals surface area contributed by atoms with E-state index in [0.717, 1.165) is 31.2 Å². The molecule has 1 aliphatic rings. The highest BCUT2D eigenvalue weighted by Crippen LogP contribution is 2.37. The number of amides is 2. The highest BCUT2D eigenvalue weighted by atomic mass is 35.5. The van der Waals surface area contributed by atoms with Crippen molar-refractivity contribution in [2.75, 3.05) is 11.1 Å². The Kier molecular flexibility index (Phi) is 8.90. The molecule has 37 heavy (non-hydrogen) atoms. The first-order valence-corrected chi connectivity index (χ1v) is 14.5. The monoisotopic (exact) mass is 556 g/mol. The van der Waals surface area contributed by atoms with Crippen molar-refractivity contribution in [1.82, 2.24) is 20.1 Å². The lowest BCUT2D eigenvalue weighted by Gasteiger charge is -2.22. The summed E-state index contributed by atoms with van der Waals surface area (Å²) in [6.45, 7) is 6.55. The zero-order chi connectivity index (χ0) is 26.5. The number of nitrogens with one attached hydrogen (secondary N) is 2. The quantitative estimate of drug-likeness (QED) is 0.331. The maximum absolute atomic E-state index is 12.9. The van der Waals surface area contributed by atoms with Crippen LogP contribution in [0.2, 0.25) is 5.02 Å². The largest absolute Gasteiger partial charge is 0.342 e. The lowest BCUT2D eigenvalue weighted by atomic mass is 9.96. The van der Waals surface area contributed by atoms with Crippen molar-refractivity contribution in [3.8, 4) is 6.07 Å². The number of halogens is 1. The van der Waals surface area contributed by atoms with Gasteiger partial charge in [-0.3, -0.25) is 9.59 Å². The van der Waals surface area contributed by atoms with Crippen LogP contribution in [-0.2, 0) is 24.2 Å². The Morgan fingerprint density at radius 1 is 1.24 bits per heavy atom. The van der Waals surface area contributed by atoms with E-state index in [2.05, 4.69) is 26.9 Å². The molecule has 1 atom stereocenters. The number of nitrogens with zero attached hydrogens (tertiary/aromatic N) is 4. The number of fused-ring (bicyclic) bond motifs is 1. The summed E-state index contributed by atoms with van der Waals surface area (Å²) in [7, 11) is 0. The van der Waals surface area contributed by atoms with E-state index in [9.17, 15) is 14.9 Å². The lowest BCUT2D eigenvalue weighted by molar-refractivity contribution is -0.113. The van der Waals surface area contributed by atoms with Gasteiger partial charge < -0.3 is 15.2 Å². The normalized spacial score (nSPS) is 13.6. The Hall–Kier alpha value is -2.87. The van der Waals surface area contributed by atoms with Gasteiger partial charge in [-0.25, -0.2) is 0 Å². The smallest absolute Gasteiger partial charge is 0.253 e. The number of carbonyl (C=O) groups is 2. The van der Waals surface area contributed by atoms with Gasteiger partial charge in [0, 0.05) is 11.4 Å². The van der Waals surface area contributed by atoms with Gasteiger partial charge in [-0.1, -0.05) is 49.3 Å². The predicted octanol–water partition coefficient (Wildman–Crippen LogP) is 5.62. The standard InChI is InChI=1S/C26H29ClN6O2S2/c1-4-33-23(22(15(2)3)30-24(35)17-10-5-7-11-19(17)27)31-32-26(33)36-14-21(34)29-25-18(13-28)16-9-6-8-12-20(16)37-25/h5,7,10-11,15,22H,4,6,8-9,12,14H2,1-3H3,(H,29,34)(H,30,35)/t22-/m1/s1. The molecule has 2 amide bonds. The van der Waals surface area contributed by atoms with Crippen molar-refractivity contribution in [2.24, 2.45) is 5.92 Å². The Morgan fingerprint density at radius 2 is 2.00 bits per heavy atom. The summed E-state index contributed by atoms with van der Waals surface area (Å²) in [5.41, 5.74) is 2.09.